The van der Waals surface area contributed by atoms with E-state index in [1.165, 1.54) is 16.3 Å². The van der Waals surface area contributed by atoms with E-state index in [0.29, 0.717) is 50.5 Å². The molecule has 6 atom stereocenters. The van der Waals surface area contributed by atoms with Crippen LogP contribution in [0.5, 0.6) is 0 Å². The van der Waals surface area contributed by atoms with E-state index in [4.69, 9.17) is 24.2 Å². The largest absolute Gasteiger partial charge is 0.464 e. The number of carbonyl (C=O) groups is 3. The summed E-state index contributed by atoms with van der Waals surface area (Å²) in [5.41, 5.74) is 9.47. The number of methoxy groups -OCH3 is 1. The van der Waals surface area contributed by atoms with Crippen molar-refractivity contribution in [2.24, 2.45) is 17.3 Å². The summed E-state index contributed by atoms with van der Waals surface area (Å²) in [4.78, 5) is 54.0. The Balaban J connectivity index is 0.00000331. The molecule has 354 valence electrons. The SMILES string of the molecule is CCn1c(-c2cccnc2[C@H](C)OC)c2c3cc(ccc31)-c1csc(n1)[C@@H](OCCN(C)C)[C@H](NC(=O)[C@H]1C[C@@H]1C)C(=O)N1CCC[C@H](N1)C(=O)OCC(C)(C)C2.S.S.S.S.S.S. The minimum atomic E-state index is -1.08. The summed E-state index contributed by atoms with van der Waals surface area (Å²) in [6.07, 6.45) is 3.16. The Hall–Kier alpha value is -2.11. The fourth-order valence-corrected chi connectivity index (χ4v) is 8.98. The van der Waals surface area contributed by atoms with Crippen LogP contribution in [-0.2, 0) is 41.6 Å². The first-order chi connectivity index (χ1) is 27.3. The number of amides is 2. The predicted octanol–water partition coefficient (Wildman–Crippen LogP) is 6.61. The van der Waals surface area contributed by atoms with Gasteiger partial charge in [0, 0.05) is 71.7 Å². The number of fused-ring (bicyclic) bond motifs is 6. The number of nitrogens with zero attached hydrogens (tertiary/aromatic N) is 5. The number of nitrogens with one attached hydrogen (secondary N) is 2. The van der Waals surface area contributed by atoms with Crippen molar-refractivity contribution in [3.63, 3.8) is 0 Å². The van der Waals surface area contributed by atoms with Gasteiger partial charge in [0.05, 0.1) is 36.4 Å². The maximum atomic E-state index is 14.6. The maximum Gasteiger partial charge on any atom is 0.324 e. The standard InChI is InChI=1S/C43H57N7O6S.6H2S/c1-9-49-34-15-14-27-21-30(34)31(37(49)28-12-10-16-44-35(28)26(3)54-8)22-43(4,5)24-56-42(53)32-13-11-17-50(47-32)41(52)36(46-39(51)29-20-25(29)2)38(55-19-18-48(6)7)40-45-33(27)23-57-40;;;;;;/h10,12,14-16,21,23,25-26,29,32,36,38,47H,9,11,13,17-20,22,24H2,1-8H3,(H,46,51);6*1H2/t25-,26-,29-,32-,36-,38-;;;;;;/m0....../s1. The molecule has 20 heteroatoms. The first-order valence-electron chi connectivity index (χ1n) is 20.2. The van der Waals surface area contributed by atoms with Crippen LogP contribution in [0.3, 0.4) is 0 Å². The molecular weight excluding hydrogens is 935 g/mol. The molecule has 2 amide bonds. The van der Waals surface area contributed by atoms with E-state index in [2.05, 4.69) is 60.3 Å². The van der Waals surface area contributed by atoms with Gasteiger partial charge in [0.25, 0.3) is 5.91 Å². The number of aryl methyl sites for hydroxylation is 1. The predicted molar refractivity (Wildman–Crippen MR) is 282 cm³/mol. The molecule has 4 aromatic rings. The number of rotatable bonds is 10. The number of benzene rings is 1. The fraction of sp³-hybridized carbons (Fsp3) is 0.558. The highest BCUT2D eigenvalue weighted by Gasteiger charge is 2.45. The molecule has 2 N–H and O–H groups in total. The molecule has 1 saturated heterocycles. The number of likely N-dealkylation sites (N-methyl/N-ethyl adjacent to an activating group) is 1. The lowest BCUT2D eigenvalue weighted by Gasteiger charge is -2.37. The van der Waals surface area contributed by atoms with E-state index in [-0.39, 0.29) is 117 Å². The third-order valence-corrected chi connectivity index (χ3v) is 12.4. The lowest BCUT2D eigenvalue weighted by atomic mass is 9.84. The second-order valence-corrected chi connectivity index (χ2v) is 17.7. The summed E-state index contributed by atoms with van der Waals surface area (Å²) in [5, 5.41) is 8.21. The van der Waals surface area contributed by atoms with Gasteiger partial charge in [0.2, 0.25) is 5.91 Å². The van der Waals surface area contributed by atoms with Crippen LogP contribution >= 0.6 is 92.3 Å². The highest BCUT2D eigenvalue weighted by Crippen LogP contribution is 2.43. The van der Waals surface area contributed by atoms with Crippen LogP contribution in [0.4, 0.5) is 0 Å². The van der Waals surface area contributed by atoms with Crippen LogP contribution in [0, 0.1) is 17.3 Å². The first-order valence-corrected chi connectivity index (χ1v) is 21.1. The molecule has 7 rings (SSSR count). The molecule has 1 aromatic carbocycles. The Labute approximate surface area is 418 Å². The molecule has 2 fully saturated rings. The van der Waals surface area contributed by atoms with Gasteiger partial charge in [-0.15, -0.1) is 11.3 Å². The molecular formula is C43H69N7O6S7. The molecule has 0 spiro atoms. The summed E-state index contributed by atoms with van der Waals surface area (Å²) < 4.78 is 20.8. The molecule has 2 aliphatic heterocycles. The van der Waals surface area contributed by atoms with Gasteiger partial charge in [-0.25, -0.2) is 10.4 Å². The molecule has 1 aliphatic carbocycles. The van der Waals surface area contributed by atoms with Crippen LogP contribution in [0.1, 0.15) is 82.4 Å². The quantitative estimate of drug-likeness (QED) is 0.167. The molecule has 13 nitrogen and oxygen atoms in total. The summed E-state index contributed by atoms with van der Waals surface area (Å²) in [6, 6.07) is 8.70. The van der Waals surface area contributed by atoms with Crippen molar-refractivity contribution in [3.8, 4) is 22.5 Å². The average Bonchev–Trinajstić information content (AvgIpc) is 3.60. The van der Waals surface area contributed by atoms with Gasteiger partial charge in [0.15, 0.2) is 0 Å². The van der Waals surface area contributed by atoms with Crippen LogP contribution in [0.15, 0.2) is 41.9 Å². The Morgan fingerprint density at radius 1 is 1.13 bits per heavy atom. The Morgan fingerprint density at radius 2 is 1.84 bits per heavy atom. The van der Waals surface area contributed by atoms with Crippen LogP contribution in [0.25, 0.3) is 33.4 Å². The van der Waals surface area contributed by atoms with Crippen molar-refractivity contribution in [1.82, 2.24) is 35.2 Å². The summed E-state index contributed by atoms with van der Waals surface area (Å²) in [7, 11) is 5.61. The van der Waals surface area contributed by atoms with Crippen molar-refractivity contribution in [2.75, 3.05) is 47.5 Å². The van der Waals surface area contributed by atoms with Gasteiger partial charge in [-0.2, -0.15) is 81.0 Å². The molecule has 5 heterocycles. The first kappa shape index (κ1) is 58.9. The minimum absolute atomic E-state index is 0. The van der Waals surface area contributed by atoms with E-state index in [9.17, 15) is 14.4 Å². The molecule has 63 heavy (non-hydrogen) atoms. The number of hydrogen-bond donors (Lipinski definition) is 2. The van der Waals surface area contributed by atoms with E-state index in [1.54, 1.807) is 13.3 Å². The normalized spacial score (nSPS) is 22.0. The number of cyclic esters (lactones) is 1. The number of carbonyl (C=O) groups excluding carboxylic acids is 3. The monoisotopic (exact) mass is 1000 g/mol. The van der Waals surface area contributed by atoms with Gasteiger partial charge >= 0.3 is 5.97 Å². The van der Waals surface area contributed by atoms with E-state index in [1.807, 2.05) is 44.3 Å². The molecule has 0 radical (unpaired) electrons. The number of hydrogen-bond acceptors (Lipinski definition) is 11. The highest BCUT2D eigenvalue weighted by atomic mass is 32.1. The Morgan fingerprint density at radius 3 is 2.49 bits per heavy atom. The van der Waals surface area contributed by atoms with Crippen molar-refractivity contribution in [1.29, 1.82) is 0 Å². The number of hydrazine groups is 1. The Bertz CT molecular complexity index is 2140. The molecule has 0 unspecified atom stereocenters. The lowest BCUT2D eigenvalue weighted by Crippen LogP contribution is -2.61. The van der Waals surface area contributed by atoms with Crippen molar-refractivity contribution in [3.05, 3.63) is 58.2 Å². The maximum absolute atomic E-state index is 14.6. The van der Waals surface area contributed by atoms with Gasteiger partial charge in [-0.3, -0.25) is 24.4 Å². The second-order valence-electron chi connectivity index (χ2n) is 16.9. The zero-order chi connectivity index (χ0) is 40.6. The average molecular weight is 1000 g/mol. The number of thiazole rings is 1. The zero-order valence-corrected chi connectivity index (χ0v) is 44.3. The zero-order valence-electron chi connectivity index (χ0n) is 37.5. The number of esters is 1. The fourth-order valence-electron chi connectivity index (χ4n) is 8.07. The summed E-state index contributed by atoms with van der Waals surface area (Å²) in [5.74, 6) is -0.894. The smallest absolute Gasteiger partial charge is 0.324 e. The topological polar surface area (TPSA) is 140 Å². The third kappa shape index (κ3) is 13.1. The number of ether oxygens (including phenoxy) is 3. The molecule has 3 aliphatic rings. The van der Waals surface area contributed by atoms with Crippen molar-refractivity contribution in [2.45, 2.75) is 91.1 Å². The van der Waals surface area contributed by atoms with E-state index >= 15 is 0 Å². The third-order valence-electron chi connectivity index (χ3n) is 11.5. The van der Waals surface area contributed by atoms with E-state index < -0.39 is 29.6 Å². The minimum Gasteiger partial charge on any atom is -0.464 e. The molecule has 6 bridgehead atoms. The summed E-state index contributed by atoms with van der Waals surface area (Å²) >= 11 is 1.41. The van der Waals surface area contributed by atoms with Crippen LogP contribution < -0.4 is 10.7 Å². The Kier molecular flexibility index (Phi) is 23.5. The van der Waals surface area contributed by atoms with Crippen LogP contribution in [-0.4, -0.2) is 102 Å². The highest BCUT2D eigenvalue weighted by molar-refractivity contribution is 7.60. The van der Waals surface area contributed by atoms with Gasteiger partial charge in [0.1, 0.15) is 23.2 Å². The number of pyridine rings is 1. The van der Waals surface area contributed by atoms with E-state index in [0.717, 1.165) is 51.1 Å². The van der Waals surface area contributed by atoms with Gasteiger partial charge in [-0.1, -0.05) is 26.8 Å². The van der Waals surface area contributed by atoms with Crippen molar-refractivity contribution < 1.29 is 28.6 Å². The molecule has 1 saturated carbocycles. The number of aromatic nitrogens is 3. The molecule has 3 aromatic heterocycles. The lowest BCUT2D eigenvalue weighted by molar-refractivity contribution is -0.157. The van der Waals surface area contributed by atoms with Gasteiger partial charge in [-0.05, 0) is 89.4 Å². The summed E-state index contributed by atoms with van der Waals surface area (Å²) in [6.45, 7) is 12.6. The second kappa shape index (κ2) is 25.1. The van der Waals surface area contributed by atoms with Crippen LogP contribution in [0.2, 0.25) is 0 Å². The van der Waals surface area contributed by atoms with Gasteiger partial charge < -0.3 is 29.0 Å². The van der Waals surface area contributed by atoms with Crippen molar-refractivity contribution >= 4 is 121 Å².